The second kappa shape index (κ2) is 16.1. The summed E-state index contributed by atoms with van der Waals surface area (Å²) in [5, 5.41) is 1.16. The van der Waals surface area contributed by atoms with Crippen LogP contribution in [0.15, 0.2) is 0 Å². The molecule has 0 N–H and O–H groups in total. The first-order valence-electron chi connectivity index (χ1n) is 8.58. The first-order valence-corrected chi connectivity index (χ1v) is 9.70. The lowest BCUT2D eigenvalue weighted by Gasteiger charge is -2.35. The SMILES string of the molecule is CCCCCCCC[N+](C)(CCCBr)CCCCC.[Cl-]. The topological polar surface area (TPSA) is 0 Å². The number of hydrogen-bond acceptors (Lipinski definition) is 0. The Morgan fingerprint density at radius 3 is 1.60 bits per heavy atom. The Labute approximate surface area is 143 Å². The summed E-state index contributed by atoms with van der Waals surface area (Å²) in [4.78, 5) is 0. The molecule has 0 aromatic carbocycles. The van der Waals surface area contributed by atoms with Gasteiger partial charge in [-0.25, -0.2) is 0 Å². The van der Waals surface area contributed by atoms with Crippen molar-refractivity contribution in [3.8, 4) is 0 Å². The largest absolute Gasteiger partial charge is 1.00 e. The van der Waals surface area contributed by atoms with Crippen LogP contribution in [0.25, 0.3) is 0 Å². The van der Waals surface area contributed by atoms with Gasteiger partial charge < -0.3 is 16.9 Å². The third-order valence-corrected chi connectivity index (χ3v) is 4.75. The van der Waals surface area contributed by atoms with Gasteiger partial charge in [0.1, 0.15) is 0 Å². The lowest BCUT2D eigenvalue weighted by Crippen LogP contribution is -3.00. The van der Waals surface area contributed by atoms with E-state index in [-0.39, 0.29) is 12.4 Å². The Kier molecular flexibility index (Phi) is 18.5. The summed E-state index contributed by atoms with van der Waals surface area (Å²) >= 11 is 3.58. The molecule has 0 saturated heterocycles. The van der Waals surface area contributed by atoms with Gasteiger partial charge in [-0.05, 0) is 25.7 Å². The molecule has 1 nitrogen and oxygen atoms in total. The Hall–Kier alpha value is 0.730. The van der Waals surface area contributed by atoms with Crippen molar-refractivity contribution in [2.45, 2.75) is 78.1 Å². The van der Waals surface area contributed by atoms with Crippen molar-refractivity contribution in [2.24, 2.45) is 0 Å². The average Bonchev–Trinajstić information content (AvgIpc) is 2.41. The number of rotatable bonds is 14. The summed E-state index contributed by atoms with van der Waals surface area (Å²) in [5.41, 5.74) is 0. The quantitative estimate of drug-likeness (QED) is 0.250. The smallest absolute Gasteiger partial charge is 0.0792 e. The zero-order valence-electron chi connectivity index (χ0n) is 14.1. The highest BCUT2D eigenvalue weighted by atomic mass is 79.9. The van der Waals surface area contributed by atoms with Gasteiger partial charge in [0.15, 0.2) is 0 Å². The molecule has 0 fully saturated rings. The standard InChI is InChI=1S/C17H37BrN.ClH/c1-4-6-8-9-10-12-16-19(3,17-13-14-18)15-11-7-5-2;/h4-17H2,1-3H3;1H/q+1;/p-1. The summed E-state index contributed by atoms with van der Waals surface area (Å²) in [6.45, 7) is 8.72. The minimum Gasteiger partial charge on any atom is -1.00 e. The molecule has 0 aliphatic rings. The molecule has 0 heterocycles. The van der Waals surface area contributed by atoms with Crippen LogP contribution >= 0.6 is 15.9 Å². The predicted octanol–water partition coefficient (Wildman–Crippen LogP) is 2.77. The van der Waals surface area contributed by atoms with E-state index in [4.69, 9.17) is 0 Å². The van der Waals surface area contributed by atoms with Gasteiger partial charge in [-0.3, -0.25) is 0 Å². The molecule has 0 rings (SSSR count). The molecule has 20 heavy (non-hydrogen) atoms. The second-order valence-electron chi connectivity index (χ2n) is 6.31. The van der Waals surface area contributed by atoms with Crippen molar-refractivity contribution in [1.82, 2.24) is 0 Å². The Morgan fingerprint density at radius 2 is 1.05 bits per heavy atom. The molecule has 0 aromatic heterocycles. The third kappa shape index (κ3) is 13.7. The van der Waals surface area contributed by atoms with Gasteiger partial charge in [-0.15, -0.1) is 0 Å². The lowest BCUT2D eigenvalue weighted by atomic mass is 10.1. The highest BCUT2D eigenvalue weighted by Crippen LogP contribution is 2.13. The molecular weight excluding hydrogens is 334 g/mol. The molecule has 1 unspecified atom stereocenters. The van der Waals surface area contributed by atoms with E-state index in [1.54, 1.807) is 0 Å². The van der Waals surface area contributed by atoms with E-state index < -0.39 is 0 Å². The van der Waals surface area contributed by atoms with E-state index in [1.807, 2.05) is 0 Å². The van der Waals surface area contributed by atoms with Gasteiger partial charge in [0.2, 0.25) is 0 Å². The number of alkyl halides is 1. The fourth-order valence-corrected chi connectivity index (χ4v) is 3.05. The van der Waals surface area contributed by atoms with Crippen LogP contribution in [0.5, 0.6) is 0 Å². The van der Waals surface area contributed by atoms with Gasteiger partial charge in [-0.2, -0.15) is 0 Å². The van der Waals surface area contributed by atoms with Crippen molar-refractivity contribution >= 4 is 15.9 Å². The number of hydrogen-bond donors (Lipinski definition) is 0. The van der Waals surface area contributed by atoms with Gasteiger partial charge in [0, 0.05) is 11.8 Å². The summed E-state index contributed by atoms with van der Waals surface area (Å²) in [5.74, 6) is 0. The maximum atomic E-state index is 3.58. The summed E-state index contributed by atoms with van der Waals surface area (Å²) in [7, 11) is 2.48. The number of unbranched alkanes of at least 4 members (excludes halogenated alkanes) is 7. The highest BCUT2D eigenvalue weighted by Gasteiger charge is 2.19. The predicted molar refractivity (Wildman–Crippen MR) is 92.1 cm³/mol. The van der Waals surface area contributed by atoms with Gasteiger partial charge in [0.05, 0.1) is 26.7 Å². The van der Waals surface area contributed by atoms with Crippen LogP contribution in [-0.2, 0) is 0 Å². The Bertz CT molecular complexity index is 190. The zero-order chi connectivity index (χ0) is 14.4. The van der Waals surface area contributed by atoms with Gasteiger partial charge in [0.25, 0.3) is 0 Å². The lowest BCUT2D eigenvalue weighted by molar-refractivity contribution is -0.910. The normalized spacial score (nSPS) is 13.8. The van der Waals surface area contributed by atoms with E-state index in [0.717, 1.165) is 5.33 Å². The molecular formula is C17H37BrClN. The first kappa shape index (κ1) is 23.0. The number of halogens is 2. The van der Waals surface area contributed by atoms with Crippen LogP contribution in [0, 0.1) is 0 Å². The van der Waals surface area contributed by atoms with Gasteiger partial charge >= 0.3 is 0 Å². The maximum Gasteiger partial charge on any atom is 0.0792 e. The average molecular weight is 371 g/mol. The van der Waals surface area contributed by atoms with E-state index >= 15 is 0 Å². The molecule has 0 amide bonds. The summed E-state index contributed by atoms with van der Waals surface area (Å²) in [6, 6.07) is 0. The van der Waals surface area contributed by atoms with E-state index in [0.29, 0.717) is 0 Å². The van der Waals surface area contributed by atoms with Crippen LogP contribution in [0.4, 0.5) is 0 Å². The van der Waals surface area contributed by atoms with Crippen molar-refractivity contribution in [3.05, 3.63) is 0 Å². The molecule has 0 radical (unpaired) electrons. The summed E-state index contributed by atoms with van der Waals surface area (Å²) in [6.07, 6.45) is 14.0. The van der Waals surface area contributed by atoms with Crippen molar-refractivity contribution in [3.63, 3.8) is 0 Å². The monoisotopic (exact) mass is 369 g/mol. The third-order valence-electron chi connectivity index (χ3n) is 4.18. The number of quaternary nitrogens is 1. The van der Waals surface area contributed by atoms with Crippen LogP contribution in [0.3, 0.4) is 0 Å². The van der Waals surface area contributed by atoms with E-state index in [2.05, 4.69) is 36.8 Å². The maximum absolute atomic E-state index is 3.58. The van der Waals surface area contributed by atoms with Gasteiger partial charge in [-0.1, -0.05) is 61.9 Å². The van der Waals surface area contributed by atoms with E-state index in [1.165, 1.54) is 88.3 Å². The number of nitrogens with zero attached hydrogens (tertiary/aromatic N) is 1. The van der Waals surface area contributed by atoms with Crippen LogP contribution in [0.1, 0.15) is 78.1 Å². The molecule has 0 aliphatic carbocycles. The Balaban J connectivity index is 0. The fraction of sp³-hybridized carbons (Fsp3) is 1.00. The minimum atomic E-state index is 0. The fourth-order valence-electron chi connectivity index (χ4n) is 2.79. The molecule has 0 aromatic rings. The molecule has 0 aliphatic heterocycles. The molecule has 0 bridgehead atoms. The zero-order valence-corrected chi connectivity index (χ0v) is 16.4. The molecule has 1 atom stereocenters. The minimum absolute atomic E-state index is 0. The Morgan fingerprint density at radius 1 is 0.650 bits per heavy atom. The molecule has 0 saturated carbocycles. The first-order chi connectivity index (χ1) is 9.18. The van der Waals surface area contributed by atoms with Crippen molar-refractivity contribution in [1.29, 1.82) is 0 Å². The highest BCUT2D eigenvalue weighted by molar-refractivity contribution is 9.09. The molecule has 3 heteroatoms. The molecule has 124 valence electrons. The summed E-state index contributed by atoms with van der Waals surface area (Å²) < 4.78 is 1.30. The van der Waals surface area contributed by atoms with Crippen molar-refractivity contribution in [2.75, 3.05) is 32.0 Å². The van der Waals surface area contributed by atoms with Crippen LogP contribution in [-0.4, -0.2) is 36.5 Å². The van der Waals surface area contributed by atoms with E-state index in [9.17, 15) is 0 Å². The second-order valence-corrected chi connectivity index (χ2v) is 7.10. The van der Waals surface area contributed by atoms with Crippen molar-refractivity contribution < 1.29 is 16.9 Å². The van der Waals surface area contributed by atoms with Crippen LogP contribution in [0.2, 0.25) is 0 Å². The van der Waals surface area contributed by atoms with Crippen LogP contribution < -0.4 is 12.4 Å². The molecule has 0 spiro atoms.